The van der Waals surface area contributed by atoms with Gasteiger partial charge in [0.05, 0.1) is 17.7 Å². The molecule has 39 heavy (non-hydrogen) atoms. The second-order valence-electron chi connectivity index (χ2n) is 10.2. The molecule has 2 heterocycles. The van der Waals surface area contributed by atoms with E-state index in [1.54, 1.807) is 4.68 Å². The Morgan fingerprint density at radius 3 is 2.15 bits per heavy atom. The van der Waals surface area contributed by atoms with Crippen molar-refractivity contribution in [3.8, 4) is 11.3 Å². The van der Waals surface area contributed by atoms with Crippen molar-refractivity contribution in [2.45, 2.75) is 44.1 Å². The van der Waals surface area contributed by atoms with Crippen molar-refractivity contribution in [1.82, 2.24) is 25.7 Å². The Labute approximate surface area is 227 Å². The van der Waals surface area contributed by atoms with E-state index in [-0.39, 0.29) is 29.9 Å². The minimum atomic E-state index is -0.566. The quantitative estimate of drug-likeness (QED) is 0.281. The maximum Gasteiger partial charge on any atom is 0.321 e. The summed E-state index contributed by atoms with van der Waals surface area (Å²) in [5.41, 5.74) is 3.57. The SMILES string of the molecule is O=C(Nc1cc(-c2ccccc2)nn1C1NC(=O)C2CCCCC2N1)NC(c1ccccc1)c1ccccc1. The van der Waals surface area contributed by atoms with Crippen molar-refractivity contribution in [1.29, 1.82) is 0 Å². The lowest BCUT2D eigenvalue weighted by atomic mass is 9.83. The first kappa shape index (κ1) is 24.9. The number of hydrogen-bond acceptors (Lipinski definition) is 4. The van der Waals surface area contributed by atoms with Gasteiger partial charge in [0.25, 0.3) is 0 Å². The average molecular weight is 521 g/mol. The summed E-state index contributed by atoms with van der Waals surface area (Å²) in [6.45, 7) is 0. The highest BCUT2D eigenvalue weighted by Crippen LogP contribution is 2.31. The van der Waals surface area contributed by atoms with Crippen LogP contribution in [0.15, 0.2) is 97.1 Å². The van der Waals surface area contributed by atoms with Gasteiger partial charge in [0.15, 0.2) is 6.29 Å². The Balaban J connectivity index is 1.29. The van der Waals surface area contributed by atoms with Crippen LogP contribution in [-0.2, 0) is 4.79 Å². The molecule has 3 amide bonds. The zero-order valence-electron chi connectivity index (χ0n) is 21.6. The first-order chi connectivity index (χ1) is 19.2. The molecule has 6 rings (SSSR count). The zero-order valence-corrected chi connectivity index (χ0v) is 21.6. The molecule has 1 aliphatic heterocycles. The summed E-state index contributed by atoms with van der Waals surface area (Å²) in [7, 11) is 0. The molecule has 8 nitrogen and oxygen atoms in total. The minimum Gasteiger partial charge on any atom is -0.327 e. The summed E-state index contributed by atoms with van der Waals surface area (Å²) in [4.78, 5) is 26.5. The number of carbonyl (C=O) groups excluding carboxylic acids is 2. The summed E-state index contributed by atoms with van der Waals surface area (Å²) in [5.74, 6) is 0.485. The largest absolute Gasteiger partial charge is 0.327 e. The molecule has 1 aromatic heterocycles. The van der Waals surface area contributed by atoms with Gasteiger partial charge in [-0.2, -0.15) is 5.10 Å². The molecule has 0 radical (unpaired) electrons. The predicted molar refractivity (Wildman–Crippen MR) is 151 cm³/mol. The van der Waals surface area contributed by atoms with E-state index in [1.165, 1.54) is 0 Å². The molecule has 0 bridgehead atoms. The maximum atomic E-state index is 13.5. The molecule has 1 aliphatic carbocycles. The minimum absolute atomic E-state index is 0.0311. The van der Waals surface area contributed by atoms with Crippen LogP contribution < -0.4 is 21.3 Å². The number of fused-ring (bicyclic) bond motifs is 1. The van der Waals surface area contributed by atoms with Crippen LogP contribution in [0.5, 0.6) is 0 Å². The van der Waals surface area contributed by atoms with E-state index < -0.39 is 6.29 Å². The van der Waals surface area contributed by atoms with Crippen molar-refractivity contribution < 1.29 is 9.59 Å². The summed E-state index contributed by atoms with van der Waals surface area (Å²) in [6.07, 6.45) is 3.43. The third-order valence-corrected chi connectivity index (χ3v) is 7.59. The van der Waals surface area contributed by atoms with Crippen molar-refractivity contribution >= 4 is 17.8 Å². The Morgan fingerprint density at radius 1 is 0.872 bits per heavy atom. The van der Waals surface area contributed by atoms with Gasteiger partial charge in [-0.05, 0) is 24.0 Å². The number of nitrogens with one attached hydrogen (secondary N) is 4. The predicted octanol–water partition coefficient (Wildman–Crippen LogP) is 5.20. The fourth-order valence-corrected chi connectivity index (χ4v) is 5.63. The van der Waals surface area contributed by atoms with Crippen LogP contribution in [0.2, 0.25) is 0 Å². The van der Waals surface area contributed by atoms with E-state index in [0.29, 0.717) is 11.5 Å². The van der Waals surface area contributed by atoms with E-state index in [2.05, 4.69) is 21.3 Å². The first-order valence-electron chi connectivity index (χ1n) is 13.5. The van der Waals surface area contributed by atoms with Gasteiger partial charge < -0.3 is 10.6 Å². The van der Waals surface area contributed by atoms with Gasteiger partial charge >= 0.3 is 6.03 Å². The van der Waals surface area contributed by atoms with Crippen LogP contribution in [-0.4, -0.2) is 27.8 Å². The molecule has 8 heteroatoms. The summed E-state index contributed by atoms with van der Waals surface area (Å²) in [5, 5.41) is 17.6. The number of nitrogens with zero attached hydrogens (tertiary/aromatic N) is 2. The lowest BCUT2D eigenvalue weighted by Crippen LogP contribution is -2.59. The Morgan fingerprint density at radius 2 is 1.49 bits per heavy atom. The number of hydrogen-bond donors (Lipinski definition) is 4. The van der Waals surface area contributed by atoms with Crippen molar-refractivity contribution in [3.05, 3.63) is 108 Å². The highest BCUT2D eigenvalue weighted by Gasteiger charge is 2.39. The maximum absolute atomic E-state index is 13.5. The van der Waals surface area contributed by atoms with Crippen LogP contribution in [0.25, 0.3) is 11.3 Å². The topological polar surface area (TPSA) is 100 Å². The third kappa shape index (κ3) is 5.42. The zero-order chi connectivity index (χ0) is 26.6. The standard InChI is InChI=1S/C31H32N6O2/c38-29-24-18-10-11-19-25(24)32-30(35-29)37-27(20-26(36-37)21-12-4-1-5-13-21)33-31(39)34-28(22-14-6-2-7-15-22)23-16-8-3-9-17-23/h1-9,12-17,20,24-25,28,30,32H,10-11,18-19H2,(H,35,38)(H2,33,34,39). The molecule has 1 saturated heterocycles. The van der Waals surface area contributed by atoms with Crippen molar-refractivity contribution in [2.24, 2.45) is 5.92 Å². The molecular formula is C31H32N6O2. The highest BCUT2D eigenvalue weighted by atomic mass is 16.2. The molecule has 3 atom stereocenters. The molecule has 1 saturated carbocycles. The van der Waals surface area contributed by atoms with Gasteiger partial charge in [0.2, 0.25) is 5.91 Å². The number of benzene rings is 3. The van der Waals surface area contributed by atoms with E-state index in [9.17, 15) is 9.59 Å². The second-order valence-corrected chi connectivity index (χ2v) is 10.2. The summed E-state index contributed by atoms with van der Waals surface area (Å²) >= 11 is 0. The molecule has 2 aliphatic rings. The monoisotopic (exact) mass is 520 g/mol. The van der Waals surface area contributed by atoms with Crippen LogP contribution in [0.3, 0.4) is 0 Å². The number of aromatic nitrogens is 2. The van der Waals surface area contributed by atoms with Crippen LogP contribution in [0.1, 0.15) is 49.1 Å². The van der Waals surface area contributed by atoms with E-state index in [1.807, 2.05) is 97.1 Å². The lowest BCUT2D eigenvalue weighted by molar-refractivity contribution is -0.132. The third-order valence-electron chi connectivity index (χ3n) is 7.59. The fourth-order valence-electron chi connectivity index (χ4n) is 5.63. The van der Waals surface area contributed by atoms with Crippen LogP contribution in [0.4, 0.5) is 10.6 Å². The first-order valence-corrected chi connectivity index (χ1v) is 13.5. The fraction of sp³-hybridized carbons (Fsp3) is 0.258. The molecule has 4 aromatic rings. The van der Waals surface area contributed by atoms with Crippen LogP contribution >= 0.6 is 0 Å². The molecule has 3 aromatic carbocycles. The number of anilines is 1. The average Bonchev–Trinajstić information content (AvgIpc) is 3.41. The summed E-state index contributed by atoms with van der Waals surface area (Å²) < 4.78 is 1.67. The van der Waals surface area contributed by atoms with E-state index in [4.69, 9.17) is 5.10 Å². The summed E-state index contributed by atoms with van der Waals surface area (Å²) in [6, 6.07) is 30.8. The van der Waals surface area contributed by atoms with Gasteiger partial charge in [-0.1, -0.05) is 104 Å². The Bertz CT molecular complexity index is 1380. The Kier molecular flexibility index (Phi) is 7.10. The molecule has 0 spiro atoms. The number of carbonyl (C=O) groups is 2. The molecule has 2 fully saturated rings. The number of urea groups is 1. The van der Waals surface area contributed by atoms with Gasteiger partial charge in [-0.15, -0.1) is 0 Å². The molecule has 4 N–H and O–H groups in total. The number of rotatable bonds is 6. The lowest BCUT2D eigenvalue weighted by Gasteiger charge is -2.40. The van der Waals surface area contributed by atoms with Crippen molar-refractivity contribution in [3.63, 3.8) is 0 Å². The van der Waals surface area contributed by atoms with Gasteiger partial charge in [-0.3, -0.25) is 15.4 Å². The molecular weight excluding hydrogens is 488 g/mol. The second kappa shape index (κ2) is 11.1. The van der Waals surface area contributed by atoms with Gasteiger partial charge in [0, 0.05) is 17.7 Å². The number of amides is 3. The van der Waals surface area contributed by atoms with Gasteiger partial charge in [-0.25, -0.2) is 9.48 Å². The molecule has 3 unspecified atom stereocenters. The van der Waals surface area contributed by atoms with E-state index in [0.717, 1.165) is 42.4 Å². The normalized spacial score (nSPS) is 20.6. The van der Waals surface area contributed by atoms with E-state index >= 15 is 0 Å². The van der Waals surface area contributed by atoms with Crippen molar-refractivity contribution in [2.75, 3.05) is 5.32 Å². The highest BCUT2D eigenvalue weighted by molar-refractivity contribution is 5.90. The Hall–Kier alpha value is -4.43. The van der Waals surface area contributed by atoms with Crippen LogP contribution in [0, 0.1) is 5.92 Å². The smallest absolute Gasteiger partial charge is 0.321 e. The van der Waals surface area contributed by atoms with Gasteiger partial charge in [0.1, 0.15) is 5.82 Å². The molecule has 198 valence electrons.